The van der Waals surface area contributed by atoms with Crippen LogP contribution < -0.4 is 5.32 Å². The topological polar surface area (TPSA) is 111 Å². The first kappa shape index (κ1) is 23.5. The minimum absolute atomic E-state index is 0.0989. The molecule has 3 heterocycles. The molecule has 0 bridgehead atoms. The Morgan fingerprint density at radius 3 is 2.67 bits per heavy atom. The maximum atomic E-state index is 12.6. The van der Waals surface area contributed by atoms with Crippen LogP contribution in [-0.2, 0) is 9.16 Å². The van der Waals surface area contributed by atoms with Crippen LogP contribution in [0.15, 0.2) is 43.0 Å². The Morgan fingerprint density at radius 2 is 1.97 bits per heavy atom. The van der Waals surface area contributed by atoms with E-state index in [0.717, 1.165) is 0 Å². The minimum atomic E-state index is -1.92. The van der Waals surface area contributed by atoms with Crippen molar-refractivity contribution in [3.63, 3.8) is 0 Å². The molecule has 1 aromatic carbocycles. The molecule has 1 saturated heterocycles. The molecule has 176 valence electrons. The maximum Gasteiger partial charge on any atom is 0.256 e. The number of aliphatic hydroxyl groups is 1. The highest BCUT2D eigenvalue weighted by molar-refractivity contribution is 6.74. The number of benzene rings is 1. The fourth-order valence-electron chi connectivity index (χ4n) is 3.50. The first-order valence-corrected chi connectivity index (χ1v) is 14.0. The number of fused-ring (bicyclic) bond motifs is 1. The number of rotatable bonds is 6. The van der Waals surface area contributed by atoms with Crippen LogP contribution in [-0.4, -0.2) is 57.7 Å². The van der Waals surface area contributed by atoms with Crippen molar-refractivity contribution in [3.05, 3.63) is 48.5 Å². The lowest BCUT2D eigenvalue weighted by Crippen LogP contribution is -2.42. The van der Waals surface area contributed by atoms with Crippen molar-refractivity contribution in [2.24, 2.45) is 0 Å². The molecule has 0 saturated carbocycles. The summed E-state index contributed by atoms with van der Waals surface area (Å²) in [6.45, 7) is 11.4. The third kappa shape index (κ3) is 4.84. The molecule has 1 aliphatic heterocycles. The van der Waals surface area contributed by atoms with Crippen molar-refractivity contribution in [1.29, 1.82) is 0 Å². The van der Waals surface area contributed by atoms with E-state index in [1.165, 1.54) is 6.33 Å². The molecule has 0 spiro atoms. The lowest BCUT2D eigenvalue weighted by atomic mass is 10.2. The number of aromatic nitrogens is 4. The number of aliphatic hydroxyl groups excluding tert-OH is 1. The summed E-state index contributed by atoms with van der Waals surface area (Å²) in [6, 6.07) is 8.88. The summed E-state index contributed by atoms with van der Waals surface area (Å²) in [7, 11) is -1.92. The molecule has 0 aliphatic carbocycles. The van der Waals surface area contributed by atoms with Crippen LogP contribution in [0.25, 0.3) is 11.2 Å². The van der Waals surface area contributed by atoms with E-state index in [4.69, 9.17) is 9.16 Å². The zero-order valence-corrected chi connectivity index (χ0v) is 20.6. The first-order chi connectivity index (χ1) is 15.6. The number of imidazole rings is 1. The van der Waals surface area contributed by atoms with Crippen molar-refractivity contribution in [2.45, 2.75) is 63.8 Å². The van der Waals surface area contributed by atoms with Crippen molar-refractivity contribution >= 4 is 31.2 Å². The Bertz CT molecular complexity index is 1130. The van der Waals surface area contributed by atoms with Gasteiger partial charge in [-0.25, -0.2) is 15.0 Å². The van der Waals surface area contributed by atoms with E-state index in [9.17, 15) is 9.90 Å². The van der Waals surface area contributed by atoms with Crippen molar-refractivity contribution < 1.29 is 19.1 Å². The van der Waals surface area contributed by atoms with E-state index in [-0.39, 0.29) is 17.0 Å². The summed E-state index contributed by atoms with van der Waals surface area (Å²) in [4.78, 5) is 25.5. The number of hydrogen-bond donors (Lipinski definition) is 2. The Kier molecular flexibility index (Phi) is 6.36. The molecule has 2 N–H and O–H groups in total. The van der Waals surface area contributed by atoms with Gasteiger partial charge in [-0.3, -0.25) is 9.36 Å². The summed E-state index contributed by atoms with van der Waals surface area (Å²) in [6.07, 6.45) is 1.78. The SMILES string of the molecule is CC(C)(C)[Si](C)(C)OC[C@@H]1CC(O)[C@H](n2cnc3c(NC(=O)c4ccccc4)ncnc32)O1. The zero-order chi connectivity index (χ0) is 23.8. The Labute approximate surface area is 194 Å². The van der Waals surface area contributed by atoms with Crippen LogP contribution in [0.3, 0.4) is 0 Å². The number of nitrogens with zero attached hydrogens (tertiary/aromatic N) is 4. The van der Waals surface area contributed by atoms with E-state index in [2.05, 4.69) is 54.1 Å². The molecule has 3 atom stereocenters. The van der Waals surface area contributed by atoms with Gasteiger partial charge >= 0.3 is 0 Å². The van der Waals surface area contributed by atoms with E-state index < -0.39 is 20.6 Å². The molecule has 2 aromatic heterocycles. The van der Waals surface area contributed by atoms with Gasteiger partial charge in [-0.05, 0) is 30.3 Å². The highest BCUT2D eigenvalue weighted by Gasteiger charge is 2.41. The van der Waals surface area contributed by atoms with Crippen LogP contribution in [0.2, 0.25) is 18.1 Å². The van der Waals surface area contributed by atoms with Crippen molar-refractivity contribution in [1.82, 2.24) is 19.5 Å². The summed E-state index contributed by atoms with van der Waals surface area (Å²) in [5, 5.41) is 13.6. The predicted octanol–water partition coefficient (Wildman–Crippen LogP) is 3.75. The molecule has 9 nitrogen and oxygen atoms in total. The third-order valence-corrected chi connectivity index (χ3v) is 11.0. The van der Waals surface area contributed by atoms with E-state index in [0.29, 0.717) is 35.6 Å². The summed E-state index contributed by atoms with van der Waals surface area (Å²) < 4.78 is 14.1. The van der Waals surface area contributed by atoms with Gasteiger partial charge in [-0.1, -0.05) is 39.0 Å². The molecule has 1 amide bonds. The highest BCUT2D eigenvalue weighted by atomic mass is 28.4. The highest BCUT2D eigenvalue weighted by Crippen LogP contribution is 2.38. The quantitative estimate of drug-likeness (QED) is 0.529. The standard InChI is InChI=1S/C23H31N5O4Si/c1-23(2,3)33(4,5)31-12-16-11-17(29)22(32-16)28-14-26-18-19(24-13-25-20(18)28)27-21(30)15-9-7-6-8-10-15/h6-10,13-14,16-17,22,29H,11-12H2,1-5H3,(H,24,25,27,30)/t16-,17?,22+/m0/s1. The molecule has 3 aromatic rings. The van der Waals surface area contributed by atoms with Crippen LogP contribution >= 0.6 is 0 Å². The molecule has 1 aliphatic rings. The van der Waals surface area contributed by atoms with Gasteiger partial charge in [0, 0.05) is 12.0 Å². The number of anilines is 1. The van der Waals surface area contributed by atoms with Gasteiger partial charge in [0.25, 0.3) is 5.91 Å². The number of nitrogens with one attached hydrogen (secondary N) is 1. The zero-order valence-electron chi connectivity index (χ0n) is 19.6. The van der Waals surface area contributed by atoms with Gasteiger partial charge in [0.2, 0.25) is 0 Å². The number of carbonyl (C=O) groups is 1. The average molecular weight is 470 g/mol. The molecule has 1 unspecified atom stereocenters. The Hall–Kier alpha value is -2.66. The number of amides is 1. The summed E-state index contributed by atoms with van der Waals surface area (Å²) in [5.74, 6) is 0.0167. The molecule has 1 fully saturated rings. The molecule has 0 radical (unpaired) electrons. The Morgan fingerprint density at radius 1 is 1.24 bits per heavy atom. The minimum Gasteiger partial charge on any atom is -0.414 e. The van der Waals surface area contributed by atoms with Gasteiger partial charge < -0.3 is 19.6 Å². The van der Waals surface area contributed by atoms with Crippen LogP contribution in [0, 0.1) is 0 Å². The maximum absolute atomic E-state index is 12.6. The molecular weight excluding hydrogens is 438 g/mol. The fourth-order valence-corrected chi connectivity index (χ4v) is 4.54. The van der Waals surface area contributed by atoms with Crippen molar-refractivity contribution in [3.8, 4) is 0 Å². The second-order valence-corrected chi connectivity index (χ2v) is 14.7. The van der Waals surface area contributed by atoms with E-state index >= 15 is 0 Å². The molecular formula is C23H31N5O4Si. The monoisotopic (exact) mass is 469 g/mol. The van der Waals surface area contributed by atoms with Crippen LogP contribution in [0.5, 0.6) is 0 Å². The number of ether oxygens (including phenoxy) is 1. The number of carbonyl (C=O) groups excluding carboxylic acids is 1. The van der Waals surface area contributed by atoms with Gasteiger partial charge in [-0.2, -0.15) is 0 Å². The third-order valence-electron chi connectivity index (χ3n) is 6.50. The van der Waals surface area contributed by atoms with Crippen molar-refractivity contribution in [2.75, 3.05) is 11.9 Å². The second-order valence-electron chi connectivity index (χ2n) is 9.89. The second kappa shape index (κ2) is 8.94. The van der Waals surface area contributed by atoms with E-state index in [1.54, 1.807) is 35.2 Å². The van der Waals surface area contributed by atoms with Crippen LogP contribution in [0.1, 0.15) is 43.8 Å². The normalized spacial score (nSPS) is 21.5. The van der Waals surface area contributed by atoms with Gasteiger partial charge in [0.05, 0.1) is 19.0 Å². The smallest absolute Gasteiger partial charge is 0.256 e. The first-order valence-electron chi connectivity index (χ1n) is 11.1. The Balaban J connectivity index is 1.50. The van der Waals surface area contributed by atoms with Gasteiger partial charge in [-0.15, -0.1) is 0 Å². The molecule has 33 heavy (non-hydrogen) atoms. The lowest BCUT2D eigenvalue weighted by molar-refractivity contribution is -0.0471. The molecule has 10 heteroatoms. The summed E-state index contributed by atoms with van der Waals surface area (Å²) >= 11 is 0. The fraction of sp³-hybridized carbons (Fsp3) is 0.478. The predicted molar refractivity (Wildman–Crippen MR) is 127 cm³/mol. The largest absolute Gasteiger partial charge is 0.414 e. The van der Waals surface area contributed by atoms with Gasteiger partial charge in [0.15, 0.2) is 31.5 Å². The van der Waals surface area contributed by atoms with Crippen LogP contribution in [0.4, 0.5) is 5.82 Å². The van der Waals surface area contributed by atoms with Gasteiger partial charge in [0.1, 0.15) is 12.4 Å². The summed E-state index contributed by atoms with van der Waals surface area (Å²) in [5.41, 5.74) is 1.42. The number of hydrogen-bond acceptors (Lipinski definition) is 7. The lowest BCUT2D eigenvalue weighted by Gasteiger charge is -2.36. The van der Waals surface area contributed by atoms with E-state index in [1.807, 2.05) is 6.07 Å². The average Bonchev–Trinajstić information content (AvgIpc) is 3.35. The molecule has 4 rings (SSSR count).